The Bertz CT molecular complexity index is 1250. The number of para-hydroxylation sites is 1. The Hall–Kier alpha value is -3.23. The predicted octanol–water partition coefficient (Wildman–Crippen LogP) is 3.35. The molecular formula is C26H26BrN3O4. The van der Waals surface area contributed by atoms with E-state index in [1.807, 2.05) is 54.6 Å². The van der Waals surface area contributed by atoms with Gasteiger partial charge in [-0.05, 0) is 53.4 Å². The quantitative estimate of drug-likeness (QED) is 0.365. The molecule has 0 saturated heterocycles. The number of aryl methyl sites for hydroxylation is 1. The third kappa shape index (κ3) is 4.83. The van der Waals surface area contributed by atoms with Gasteiger partial charge in [0.25, 0.3) is 0 Å². The zero-order chi connectivity index (χ0) is 24.2. The van der Waals surface area contributed by atoms with Crippen molar-refractivity contribution >= 4 is 50.5 Å². The van der Waals surface area contributed by atoms with Gasteiger partial charge in [-0.25, -0.2) is 0 Å². The van der Waals surface area contributed by atoms with Crippen molar-refractivity contribution in [2.75, 3.05) is 18.6 Å². The molecule has 7 nitrogen and oxygen atoms in total. The lowest BCUT2D eigenvalue weighted by molar-refractivity contribution is -0.126. The fourth-order valence-corrected chi connectivity index (χ4v) is 4.77. The molecule has 3 aromatic carbocycles. The van der Waals surface area contributed by atoms with Crippen molar-refractivity contribution in [3.05, 3.63) is 70.2 Å². The second-order valence-electron chi connectivity index (χ2n) is 8.31. The number of ether oxygens (including phenoxy) is 1. The summed E-state index contributed by atoms with van der Waals surface area (Å²) in [6.07, 6.45) is 1.65. The zero-order valence-corrected chi connectivity index (χ0v) is 20.4. The minimum atomic E-state index is -1.24. The maximum atomic E-state index is 13.8. The smallest absolute Gasteiger partial charge is 0.244 e. The number of hydrogen-bond donors (Lipinski definition) is 2. The molecule has 2 atom stereocenters. The molecule has 3 N–H and O–H groups in total. The van der Waals surface area contributed by atoms with E-state index in [1.54, 1.807) is 12.0 Å². The number of carbonyl (C=O) groups excluding carboxylic acids is 3. The second-order valence-corrected chi connectivity index (χ2v) is 9.22. The van der Waals surface area contributed by atoms with Gasteiger partial charge in [-0.1, -0.05) is 46.3 Å². The molecule has 4 rings (SSSR count). The Morgan fingerprint density at radius 1 is 1.26 bits per heavy atom. The van der Waals surface area contributed by atoms with E-state index in [0.717, 1.165) is 32.1 Å². The van der Waals surface area contributed by atoms with Crippen LogP contribution in [0.3, 0.4) is 0 Å². The van der Waals surface area contributed by atoms with E-state index < -0.39 is 17.9 Å². The minimum absolute atomic E-state index is 0.0962. The number of nitrogens with zero attached hydrogens (tertiary/aromatic N) is 1. The van der Waals surface area contributed by atoms with Gasteiger partial charge >= 0.3 is 0 Å². The van der Waals surface area contributed by atoms with Crippen molar-refractivity contribution in [2.45, 2.75) is 25.4 Å². The van der Waals surface area contributed by atoms with Crippen LogP contribution in [0.15, 0.2) is 59.1 Å². The Morgan fingerprint density at radius 2 is 2.06 bits per heavy atom. The first kappa shape index (κ1) is 23.9. The second kappa shape index (κ2) is 10.4. The first-order chi connectivity index (χ1) is 16.4. The Kier molecular flexibility index (Phi) is 7.29. The zero-order valence-electron chi connectivity index (χ0n) is 18.8. The fraction of sp³-hybridized carbons (Fsp3) is 0.269. The summed E-state index contributed by atoms with van der Waals surface area (Å²) in [4.78, 5) is 38.4. The molecular weight excluding hydrogens is 498 g/mol. The number of rotatable bonds is 7. The summed E-state index contributed by atoms with van der Waals surface area (Å²) in [6.45, 7) is 0.430. The van der Waals surface area contributed by atoms with Crippen LogP contribution in [0.5, 0.6) is 5.75 Å². The van der Waals surface area contributed by atoms with Gasteiger partial charge in [0.1, 0.15) is 18.1 Å². The lowest BCUT2D eigenvalue weighted by Crippen LogP contribution is -2.46. The van der Waals surface area contributed by atoms with Crippen molar-refractivity contribution < 1.29 is 19.1 Å². The Labute approximate surface area is 206 Å². The average molecular weight is 524 g/mol. The maximum absolute atomic E-state index is 13.8. The molecule has 0 fully saturated rings. The molecule has 176 valence electrons. The SMILES string of the molecule is COc1ccc2cc(Br)ccc2c1CN1C(=O)C(CNC(=O)[C@@H](N)C=O)CCc2ccccc21. The van der Waals surface area contributed by atoms with Crippen LogP contribution in [0.4, 0.5) is 5.69 Å². The average Bonchev–Trinajstić information content (AvgIpc) is 2.98. The van der Waals surface area contributed by atoms with Crippen LogP contribution in [-0.4, -0.2) is 37.8 Å². The van der Waals surface area contributed by atoms with Crippen molar-refractivity contribution in [2.24, 2.45) is 11.7 Å². The van der Waals surface area contributed by atoms with Crippen molar-refractivity contribution in [3.8, 4) is 5.75 Å². The summed E-state index contributed by atoms with van der Waals surface area (Å²) in [6, 6.07) is 16.5. The maximum Gasteiger partial charge on any atom is 0.244 e. The highest BCUT2D eigenvalue weighted by Gasteiger charge is 2.32. The van der Waals surface area contributed by atoms with Crippen LogP contribution in [0, 0.1) is 5.92 Å². The molecule has 1 aliphatic rings. The molecule has 0 bridgehead atoms. The summed E-state index contributed by atoms with van der Waals surface area (Å²) in [5.41, 5.74) is 8.32. The number of methoxy groups -OCH3 is 1. The number of fused-ring (bicyclic) bond motifs is 2. The number of amides is 2. The number of carbonyl (C=O) groups is 3. The summed E-state index contributed by atoms with van der Waals surface area (Å²) < 4.78 is 6.64. The van der Waals surface area contributed by atoms with E-state index >= 15 is 0 Å². The summed E-state index contributed by atoms with van der Waals surface area (Å²) in [5, 5.41) is 4.69. The van der Waals surface area contributed by atoms with Crippen molar-refractivity contribution in [1.82, 2.24) is 5.32 Å². The van der Waals surface area contributed by atoms with Crippen molar-refractivity contribution in [3.63, 3.8) is 0 Å². The van der Waals surface area contributed by atoms with Gasteiger partial charge in [0.05, 0.1) is 19.6 Å². The first-order valence-corrected chi connectivity index (χ1v) is 11.8. The van der Waals surface area contributed by atoms with Crippen LogP contribution >= 0.6 is 15.9 Å². The molecule has 0 radical (unpaired) electrons. The molecule has 0 aliphatic carbocycles. The van der Waals surface area contributed by atoms with Gasteiger partial charge in [-0.2, -0.15) is 0 Å². The van der Waals surface area contributed by atoms with Crippen LogP contribution in [0.2, 0.25) is 0 Å². The molecule has 0 spiro atoms. The van der Waals surface area contributed by atoms with Gasteiger partial charge < -0.3 is 25.5 Å². The molecule has 0 saturated carbocycles. The third-order valence-electron chi connectivity index (χ3n) is 6.22. The van der Waals surface area contributed by atoms with E-state index in [0.29, 0.717) is 31.4 Å². The molecule has 1 unspecified atom stereocenters. The summed E-state index contributed by atoms with van der Waals surface area (Å²) >= 11 is 3.52. The molecule has 3 aromatic rings. The normalized spacial score (nSPS) is 16.5. The highest BCUT2D eigenvalue weighted by Crippen LogP contribution is 2.35. The van der Waals surface area contributed by atoms with Gasteiger partial charge in [0.2, 0.25) is 11.8 Å². The van der Waals surface area contributed by atoms with E-state index in [9.17, 15) is 14.4 Å². The van der Waals surface area contributed by atoms with Crippen LogP contribution in [0.1, 0.15) is 17.5 Å². The van der Waals surface area contributed by atoms with Gasteiger partial charge in [-0.3, -0.25) is 9.59 Å². The number of halogens is 1. The van der Waals surface area contributed by atoms with E-state index in [2.05, 4.69) is 21.2 Å². The number of nitrogens with two attached hydrogens (primary N) is 1. The minimum Gasteiger partial charge on any atom is -0.496 e. The topological polar surface area (TPSA) is 102 Å². The van der Waals surface area contributed by atoms with Gasteiger partial charge in [0.15, 0.2) is 0 Å². The molecule has 34 heavy (non-hydrogen) atoms. The fourth-order valence-electron chi connectivity index (χ4n) is 4.39. The van der Waals surface area contributed by atoms with Crippen LogP contribution < -0.4 is 20.7 Å². The van der Waals surface area contributed by atoms with Gasteiger partial charge in [-0.15, -0.1) is 0 Å². The standard InChI is InChI=1S/C26H26BrN3O4/c1-34-24-11-8-17-12-19(27)9-10-20(17)21(24)14-30-23-5-3-2-4-16(23)6-7-18(26(30)33)13-29-25(32)22(28)15-31/h2-5,8-12,15,18,22H,6-7,13-14,28H2,1H3,(H,29,32)/t18?,22-/m0/s1. The number of aldehydes is 1. The van der Waals surface area contributed by atoms with Gasteiger partial charge in [0, 0.05) is 22.3 Å². The van der Waals surface area contributed by atoms with Crippen molar-refractivity contribution in [1.29, 1.82) is 0 Å². The molecule has 0 aromatic heterocycles. The Morgan fingerprint density at radius 3 is 2.82 bits per heavy atom. The number of nitrogens with one attached hydrogen (secondary N) is 1. The molecule has 1 heterocycles. The molecule has 2 amide bonds. The van der Waals surface area contributed by atoms with E-state index in [-0.39, 0.29) is 12.5 Å². The van der Waals surface area contributed by atoms with Crippen LogP contribution in [-0.2, 0) is 27.3 Å². The van der Waals surface area contributed by atoms with Crippen LogP contribution in [0.25, 0.3) is 10.8 Å². The molecule has 1 aliphatic heterocycles. The third-order valence-corrected chi connectivity index (χ3v) is 6.71. The summed E-state index contributed by atoms with van der Waals surface area (Å²) in [5.74, 6) is -0.435. The number of benzene rings is 3. The molecule has 8 heteroatoms. The van der Waals surface area contributed by atoms with E-state index in [4.69, 9.17) is 10.5 Å². The number of anilines is 1. The highest BCUT2D eigenvalue weighted by atomic mass is 79.9. The lowest BCUT2D eigenvalue weighted by Gasteiger charge is -2.27. The Balaban J connectivity index is 1.72. The number of hydrogen-bond acceptors (Lipinski definition) is 5. The largest absolute Gasteiger partial charge is 0.496 e. The lowest BCUT2D eigenvalue weighted by atomic mass is 10.00. The first-order valence-electron chi connectivity index (χ1n) is 11.1. The van der Waals surface area contributed by atoms with E-state index in [1.165, 1.54) is 0 Å². The monoisotopic (exact) mass is 523 g/mol. The summed E-state index contributed by atoms with van der Waals surface area (Å²) in [7, 11) is 1.62. The predicted molar refractivity (Wildman–Crippen MR) is 135 cm³/mol. The highest BCUT2D eigenvalue weighted by molar-refractivity contribution is 9.10.